The number of aromatic nitrogens is 1. The Hall–Kier alpha value is -1.48. The highest BCUT2D eigenvalue weighted by Gasteiger charge is 2.13. The largest absolute Gasteiger partial charge is 0.287 e. The summed E-state index contributed by atoms with van der Waals surface area (Å²) in [5, 5.41) is 1.01. The number of hydrogen-bond acceptors (Lipinski definition) is 2. The van der Waals surface area contributed by atoms with Gasteiger partial charge in [0.25, 0.3) is 0 Å². The van der Waals surface area contributed by atoms with E-state index in [0.29, 0.717) is 15.7 Å². The fourth-order valence-electron chi connectivity index (χ4n) is 1.45. The number of fused-ring (bicyclic) bond motifs is 1. The lowest BCUT2D eigenvalue weighted by Crippen LogP contribution is -2.04. The van der Waals surface area contributed by atoms with Crippen LogP contribution in [0.4, 0.5) is 0 Å². The first-order valence-corrected chi connectivity index (χ1v) is 5.64. The van der Waals surface area contributed by atoms with Crippen molar-refractivity contribution in [2.75, 3.05) is 0 Å². The maximum Gasteiger partial charge on any atom is 0.207 e. The minimum Gasteiger partial charge on any atom is -0.287 e. The van der Waals surface area contributed by atoms with E-state index in [1.165, 1.54) is 0 Å². The smallest absolute Gasteiger partial charge is 0.207 e. The molecule has 0 fully saturated rings. The molecule has 1 heterocycles. The zero-order valence-corrected chi connectivity index (χ0v) is 10.4. The first-order chi connectivity index (χ1) is 7.59. The molecule has 0 spiro atoms. The van der Waals surface area contributed by atoms with Gasteiger partial charge in [0.15, 0.2) is 0 Å². The maximum atomic E-state index is 11.8. The first kappa shape index (κ1) is 11.0. The molecule has 2 rings (SSSR count). The highest BCUT2D eigenvalue weighted by molar-refractivity contribution is 9.10. The summed E-state index contributed by atoms with van der Waals surface area (Å²) in [7, 11) is 0. The maximum absolute atomic E-state index is 11.8. The molecule has 0 aliphatic heterocycles. The number of nitrogens with zero attached hydrogens (tertiary/aromatic N) is 1. The van der Waals surface area contributed by atoms with Crippen LogP contribution in [0.5, 0.6) is 0 Å². The van der Waals surface area contributed by atoms with Crippen molar-refractivity contribution < 1.29 is 4.79 Å². The van der Waals surface area contributed by atoms with Gasteiger partial charge in [-0.05, 0) is 40.6 Å². The van der Waals surface area contributed by atoms with E-state index in [9.17, 15) is 4.79 Å². The monoisotopic (exact) mass is 275 g/mol. The molecule has 0 atom stereocenters. The second-order valence-electron chi connectivity index (χ2n) is 3.62. The molecule has 16 heavy (non-hydrogen) atoms. The predicted octanol–water partition coefficient (Wildman–Crippen LogP) is 3.76. The Kier molecular flexibility index (Phi) is 2.88. The van der Waals surface area contributed by atoms with Crippen LogP contribution in [0, 0.1) is 0 Å². The fraction of sp³-hybridized carbons (Fsp3) is 0.0769. The van der Waals surface area contributed by atoms with Crippen LogP contribution in [0.25, 0.3) is 10.9 Å². The van der Waals surface area contributed by atoms with E-state index in [1.54, 1.807) is 6.92 Å². The molecule has 0 radical (unpaired) electrons. The third-order valence-corrected chi connectivity index (χ3v) is 2.88. The summed E-state index contributed by atoms with van der Waals surface area (Å²) in [5.41, 5.74) is 1.73. The van der Waals surface area contributed by atoms with Crippen LogP contribution < -0.4 is 0 Å². The van der Waals surface area contributed by atoms with Crippen LogP contribution in [0.1, 0.15) is 17.4 Å². The summed E-state index contributed by atoms with van der Waals surface area (Å²) in [5.74, 6) is -0.127. The van der Waals surface area contributed by atoms with Gasteiger partial charge >= 0.3 is 0 Å². The highest BCUT2D eigenvalue weighted by atomic mass is 79.9. The Morgan fingerprint density at radius 2 is 2.06 bits per heavy atom. The standard InChI is InChI=1S/C13H10BrNO/c1-8(2)13(16)12-10(14)7-9-5-3-4-6-11(9)15-12/h3-7H,1H2,2H3. The Morgan fingerprint density at radius 1 is 1.38 bits per heavy atom. The van der Waals surface area contributed by atoms with E-state index in [2.05, 4.69) is 27.5 Å². The molecule has 0 N–H and O–H groups in total. The van der Waals surface area contributed by atoms with Gasteiger partial charge in [0.1, 0.15) is 5.69 Å². The number of rotatable bonds is 2. The Bertz CT molecular complexity index is 590. The molecule has 2 aromatic rings. The molecule has 0 aliphatic carbocycles. The third-order valence-electron chi connectivity index (χ3n) is 2.28. The molecule has 80 valence electrons. The third kappa shape index (κ3) is 1.91. The number of ketones is 1. The number of carbonyl (C=O) groups excluding carboxylic acids is 1. The van der Waals surface area contributed by atoms with Gasteiger partial charge in [-0.25, -0.2) is 4.98 Å². The van der Waals surface area contributed by atoms with Crippen LogP contribution in [0.15, 0.2) is 47.0 Å². The molecule has 0 saturated carbocycles. The molecule has 3 heteroatoms. The SMILES string of the molecule is C=C(C)C(=O)c1nc2ccccc2cc1Br. The van der Waals surface area contributed by atoms with Gasteiger partial charge in [0, 0.05) is 9.86 Å². The van der Waals surface area contributed by atoms with Crippen LogP contribution in [-0.4, -0.2) is 10.8 Å². The van der Waals surface area contributed by atoms with Gasteiger partial charge in [0.2, 0.25) is 5.78 Å². The van der Waals surface area contributed by atoms with Gasteiger partial charge < -0.3 is 0 Å². The summed E-state index contributed by atoms with van der Waals surface area (Å²) < 4.78 is 0.708. The van der Waals surface area contributed by atoms with Crippen molar-refractivity contribution in [3.63, 3.8) is 0 Å². The van der Waals surface area contributed by atoms with E-state index >= 15 is 0 Å². The topological polar surface area (TPSA) is 30.0 Å². The van der Waals surface area contributed by atoms with Gasteiger partial charge in [-0.1, -0.05) is 24.8 Å². The average Bonchev–Trinajstić information content (AvgIpc) is 2.27. The van der Waals surface area contributed by atoms with Crippen molar-refractivity contribution in [1.82, 2.24) is 4.98 Å². The van der Waals surface area contributed by atoms with Gasteiger partial charge in [-0.2, -0.15) is 0 Å². The molecule has 0 amide bonds. The zero-order valence-electron chi connectivity index (χ0n) is 8.83. The molecule has 1 aromatic carbocycles. The Balaban J connectivity index is 2.67. The quantitative estimate of drug-likeness (QED) is 0.617. The minimum atomic E-state index is -0.127. The lowest BCUT2D eigenvalue weighted by molar-refractivity contribution is 0.103. The van der Waals surface area contributed by atoms with Crippen molar-refractivity contribution in [1.29, 1.82) is 0 Å². The Morgan fingerprint density at radius 3 is 2.75 bits per heavy atom. The summed E-state index contributed by atoms with van der Waals surface area (Å²) >= 11 is 3.36. The van der Waals surface area contributed by atoms with Crippen LogP contribution in [-0.2, 0) is 0 Å². The summed E-state index contributed by atoms with van der Waals surface area (Å²) in [6.45, 7) is 5.33. The molecule has 0 unspecified atom stereocenters. The number of carbonyl (C=O) groups is 1. The highest BCUT2D eigenvalue weighted by Crippen LogP contribution is 2.22. The van der Waals surface area contributed by atoms with Crippen LogP contribution >= 0.6 is 15.9 Å². The van der Waals surface area contributed by atoms with Crippen molar-refractivity contribution in [3.8, 4) is 0 Å². The van der Waals surface area contributed by atoms with E-state index in [1.807, 2.05) is 30.3 Å². The number of Topliss-reactive ketones (excluding diaryl/α,β-unsaturated/α-hetero) is 1. The fourth-order valence-corrected chi connectivity index (χ4v) is 1.97. The van der Waals surface area contributed by atoms with Crippen molar-refractivity contribution >= 4 is 32.6 Å². The molecule has 0 aliphatic rings. The summed E-state index contributed by atoms with van der Waals surface area (Å²) in [6.07, 6.45) is 0. The molecule has 0 saturated heterocycles. The van der Waals surface area contributed by atoms with Gasteiger partial charge in [-0.15, -0.1) is 0 Å². The molecule has 0 bridgehead atoms. The van der Waals surface area contributed by atoms with Crippen molar-refractivity contribution in [2.45, 2.75) is 6.92 Å². The molecular formula is C13H10BrNO. The second-order valence-corrected chi connectivity index (χ2v) is 4.48. The molecule has 2 nitrogen and oxygen atoms in total. The first-order valence-electron chi connectivity index (χ1n) is 4.85. The summed E-state index contributed by atoms with van der Waals surface area (Å²) in [6, 6.07) is 9.59. The lowest BCUT2D eigenvalue weighted by atomic mass is 10.1. The van der Waals surface area contributed by atoms with Gasteiger partial charge in [0.05, 0.1) is 5.52 Å². The van der Waals surface area contributed by atoms with Crippen molar-refractivity contribution in [2.24, 2.45) is 0 Å². The van der Waals surface area contributed by atoms with Crippen molar-refractivity contribution in [3.05, 3.63) is 52.7 Å². The zero-order chi connectivity index (χ0) is 11.7. The second kappa shape index (κ2) is 4.18. The molecule has 1 aromatic heterocycles. The average molecular weight is 276 g/mol. The van der Waals surface area contributed by atoms with Crippen LogP contribution in [0.3, 0.4) is 0 Å². The number of pyridine rings is 1. The number of para-hydroxylation sites is 1. The lowest BCUT2D eigenvalue weighted by Gasteiger charge is -2.04. The number of benzene rings is 1. The number of halogens is 1. The van der Waals surface area contributed by atoms with Crippen LogP contribution in [0.2, 0.25) is 0 Å². The summed E-state index contributed by atoms with van der Waals surface area (Å²) in [4.78, 5) is 16.2. The van der Waals surface area contributed by atoms with E-state index in [4.69, 9.17) is 0 Å². The van der Waals surface area contributed by atoms with E-state index in [-0.39, 0.29) is 5.78 Å². The van der Waals surface area contributed by atoms with Gasteiger partial charge in [-0.3, -0.25) is 4.79 Å². The normalized spacial score (nSPS) is 10.4. The number of hydrogen-bond donors (Lipinski definition) is 0. The minimum absolute atomic E-state index is 0.127. The number of allylic oxidation sites excluding steroid dienone is 1. The Labute approximate surface area is 102 Å². The molecular weight excluding hydrogens is 266 g/mol. The van der Waals surface area contributed by atoms with E-state index in [0.717, 1.165) is 10.9 Å². The predicted molar refractivity (Wildman–Crippen MR) is 68.6 cm³/mol. The van der Waals surface area contributed by atoms with E-state index < -0.39 is 0 Å².